The van der Waals surface area contributed by atoms with Gasteiger partial charge in [0.15, 0.2) is 0 Å². The van der Waals surface area contributed by atoms with Gasteiger partial charge in [0, 0.05) is 30.1 Å². The van der Waals surface area contributed by atoms with Crippen LogP contribution in [-0.2, 0) is 11.0 Å². The Balaban J connectivity index is 1.65. The molecule has 1 atom stereocenters. The highest BCUT2D eigenvalue weighted by atomic mass is 35.5. The standard InChI is InChI=1S/C21H17ClF3N3O/c1-13(14-2-4-15(5-3-14)16-10-26-12-27-11-16)8-20(29)28-17-6-7-19(22)18(9-17)21(23,24)25/h2-7,9-13H,8H2,1H3,(H,28,29). The third-order valence-corrected chi connectivity index (χ3v) is 4.75. The Bertz CT molecular complexity index is 992. The van der Waals surface area contributed by atoms with Gasteiger partial charge in [0.1, 0.15) is 6.33 Å². The lowest BCUT2D eigenvalue weighted by Crippen LogP contribution is -2.15. The number of amides is 1. The van der Waals surface area contributed by atoms with Crippen molar-refractivity contribution in [3.05, 3.63) is 77.3 Å². The molecule has 0 bridgehead atoms. The molecule has 150 valence electrons. The zero-order valence-electron chi connectivity index (χ0n) is 15.4. The Morgan fingerprint density at radius 1 is 1.07 bits per heavy atom. The number of alkyl halides is 3. The Morgan fingerprint density at radius 3 is 2.34 bits per heavy atom. The number of hydrogen-bond acceptors (Lipinski definition) is 3. The van der Waals surface area contributed by atoms with Gasteiger partial charge in [-0.3, -0.25) is 4.79 Å². The first-order valence-corrected chi connectivity index (χ1v) is 9.14. The molecule has 0 fully saturated rings. The van der Waals surface area contributed by atoms with Crippen molar-refractivity contribution in [2.75, 3.05) is 5.32 Å². The molecule has 1 heterocycles. The minimum Gasteiger partial charge on any atom is -0.326 e. The average Bonchev–Trinajstić information content (AvgIpc) is 2.69. The number of carbonyl (C=O) groups is 1. The van der Waals surface area contributed by atoms with E-state index in [-0.39, 0.29) is 23.9 Å². The smallest absolute Gasteiger partial charge is 0.326 e. The third kappa shape index (κ3) is 5.32. The average molecular weight is 420 g/mol. The highest BCUT2D eigenvalue weighted by molar-refractivity contribution is 6.31. The van der Waals surface area contributed by atoms with Gasteiger partial charge in [-0.25, -0.2) is 9.97 Å². The second-order valence-corrected chi connectivity index (χ2v) is 7.00. The van der Waals surface area contributed by atoms with Gasteiger partial charge >= 0.3 is 6.18 Å². The molecule has 0 saturated carbocycles. The Morgan fingerprint density at radius 2 is 1.72 bits per heavy atom. The fraction of sp³-hybridized carbons (Fsp3) is 0.190. The fourth-order valence-corrected chi connectivity index (χ4v) is 3.11. The van der Waals surface area contributed by atoms with Gasteiger partial charge in [-0.15, -0.1) is 0 Å². The van der Waals surface area contributed by atoms with Crippen LogP contribution in [0.15, 0.2) is 61.2 Å². The number of nitrogens with one attached hydrogen (secondary N) is 1. The summed E-state index contributed by atoms with van der Waals surface area (Å²) in [6.45, 7) is 1.88. The van der Waals surface area contributed by atoms with E-state index >= 15 is 0 Å². The van der Waals surface area contributed by atoms with Crippen LogP contribution in [0, 0.1) is 0 Å². The van der Waals surface area contributed by atoms with Gasteiger partial charge in [-0.05, 0) is 35.2 Å². The second-order valence-electron chi connectivity index (χ2n) is 6.59. The van der Waals surface area contributed by atoms with Crippen LogP contribution in [0.5, 0.6) is 0 Å². The molecule has 0 spiro atoms. The summed E-state index contributed by atoms with van der Waals surface area (Å²) in [4.78, 5) is 20.3. The van der Waals surface area contributed by atoms with E-state index in [4.69, 9.17) is 11.6 Å². The molecule has 1 amide bonds. The molecule has 0 aliphatic heterocycles. The van der Waals surface area contributed by atoms with Gasteiger partial charge in [0.05, 0.1) is 10.6 Å². The van der Waals surface area contributed by atoms with Crippen molar-refractivity contribution >= 4 is 23.2 Å². The maximum Gasteiger partial charge on any atom is 0.417 e. The topological polar surface area (TPSA) is 54.9 Å². The van der Waals surface area contributed by atoms with Crippen LogP contribution < -0.4 is 5.32 Å². The van der Waals surface area contributed by atoms with Crippen molar-refractivity contribution < 1.29 is 18.0 Å². The molecule has 1 aromatic heterocycles. The number of aromatic nitrogens is 2. The van der Waals surface area contributed by atoms with Crippen LogP contribution in [-0.4, -0.2) is 15.9 Å². The Labute approximate surface area is 170 Å². The van der Waals surface area contributed by atoms with Gasteiger partial charge < -0.3 is 5.32 Å². The van der Waals surface area contributed by atoms with Crippen molar-refractivity contribution in [1.29, 1.82) is 0 Å². The van der Waals surface area contributed by atoms with E-state index in [1.54, 1.807) is 12.4 Å². The molecule has 1 unspecified atom stereocenters. The minimum absolute atomic E-state index is 0.0540. The number of halogens is 4. The van der Waals surface area contributed by atoms with Gasteiger partial charge in [-0.2, -0.15) is 13.2 Å². The monoisotopic (exact) mass is 419 g/mol. The quantitative estimate of drug-likeness (QED) is 0.556. The van der Waals surface area contributed by atoms with Gasteiger partial charge in [0.2, 0.25) is 5.91 Å². The minimum atomic E-state index is -4.59. The maximum atomic E-state index is 12.9. The second kappa shape index (κ2) is 8.61. The molecule has 4 nitrogen and oxygen atoms in total. The normalized spacial score (nSPS) is 12.4. The van der Waals surface area contributed by atoms with E-state index in [1.165, 1.54) is 12.4 Å². The van der Waals surface area contributed by atoms with Crippen molar-refractivity contribution in [2.24, 2.45) is 0 Å². The van der Waals surface area contributed by atoms with Crippen LogP contribution in [0.2, 0.25) is 5.02 Å². The first kappa shape index (κ1) is 20.8. The Hall–Kier alpha value is -2.93. The zero-order chi connectivity index (χ0) is 21.0. The number of nitrogens with zero attached hydrogens (tertiary/aromatic N) is 2. The third-order valence-electron chi connectivity index (χ3n) is 4.42. The summed E-state index contributed by atoms with van der Waals surface area (Å²) in [5.41, 5.74) is 1.84. The molecule has 0 aliphatic carbocycles. The van der Waals surface area contributed by atoms with E-state index in [0.717, 1.165) is 28.8 Å². The summed E-state index contributed by atoms with van der Waals surface area (Å²) in [7, 11) is 0. The number of benzene rings is 2. The molecule has 0 saturated heterocycles. The predicted molar refractivity (Wildman–Crippen MR) is 106 cm³/mol. The van der Waals surface area contributed by atoms with Gasteiger partial charge in [-0.1, -0.05) is 42.8 Å². The van der Waals surface area contributed by atoms with Crippen LogP contribution in [0.1, 0.15) is 30.4 Å². The lowest BCUT2D eigenvalue weighted by molar-refractivity contribution is -0.137. The number of anilines is 1. The van der Waals surface area contributed by atoms with E-state index in [9.17, 15) is 18.0 Å². The molecule has 8 heteroatoms. The summed E-state index contributed by atoms with van der Waals surface area (Å²) in [5, 5.41) is 2.10. The first-order valence-electron chi connectivity index (χ1n) is 8.76. The lowest BCUT2D eigenvalue weighted by Gasteiger charge is -2.14. The highest BCUT2D eigenvalue weighted by Crippen LogP contribution is 2.36. The molecule has 3 aromatic rings. The fourth-order valence-electron chi connectivity index (χ4n) is 2.88. The molecule has 0 aliphatic rings. The van der Waals surface area contributed by atoms with E-state index in [2.05, 4.69) is 15.3 Å². The molecular formula is C21H17ClF3N3O. The molecule has 1 N–H and O–H groups in total. The van der Waals surface area contributed by atoms with Crippen molar-refractivity contribution in [3.63, 3.8) is 0 Å². The van der Waals surface area contributed by atoms with Crippen molar-refractivity contribution in [1.82, 2.24) is 9.97 Å². The van der Waals surface area contributed by atoms with Crippen LogP contribution in [0.4, 0.5) is 18.9 Å². The summed E-state index contributed by atoms with van der Waals surface area (Å²) < 4.78 is 38.8. The molecule has 3 rings (SSSR count). The Kier molecular flexibility index (Phi) is 6.17. The SMILES string of the molecule is CC(CC(=O)Nc1ccc(Cl)c(C(F)(F)F)c1)c1ccc(-c2cncnc2)cc1. The van der Waals surface area contributed by atoms with E-state index in [1.807, 2.05) is 31.2 Å². The molecular weight excluding hydrogens is 403 g/mol. The number of carbonyl (C=O) groups excluding carboxylic acids is 1. The number of rotatable bonds is 5. The van der Waals surface area contributed by atoms with Crippen molar-refractivity contribution in [2.45, 2.75) is 25.4 Å². The lowest BCUT2D eigenvalue weighted by atomic mass is 9.95. The van der Waals surface area contributed by atoms with Gasteiger partial charge in [0.25, 0.3) is 0 Å². The zero-order valence-corrected chi connectivity index (χ0v) is 16.1. The van der Waals surface area contributed by atoms with Crippen LogP contribution in [0.3, 0.4) is 0 Å². The molecule has 0 radical (unpaired) electrons. The largest absolute Gasteiger partial charge is 0.417 e. The predicted octanol–water partition coefficient (Wildman–Crippen LogP) is 5.95. The first-order chi connectivity index (χ1) is 13.7. The summed E-state index contributed by atoms with van der Waals surface area (Å²) in [5.74, 6) is -0.501. The van der Waals surface area contributed by atoms with Crippen LogP contribution >= 0.6 is 11.6 Å². The maximum absolute atomic E-state index is 12.9. The van der Waals surface area contributed by atoms with Crippen LogP contribution in [0.25, 0.3) is 11.1 Å². The summed E-state index contributed by atoms with van der Waals surface area (Å²) in [6, 6.07) is 10.9. The summed E-state index contributed by atoms with van der Waals surface area (Å²) in [6.07, 6.45) is 0.408. The highest BCUT2D eigenvalue weighted by Gasteiger charge is 2.33. The van der Waals surface area contributed by atoms with Crippen molar-refractivity contribution in [3.8, 4) is 11.1 Å². The number of hydrogen-bond donors (Lipinski definition) is 1. The van der Waals surface area contributed by atoms with E-state index < -0.39 is 16.8 Å². The van der Waals surface area contributed by atoms with E-state index in [0.29, 0.717) is 0 Å². The summed E-state index contributed by atoms with van der Waals surface area (Å²) >= 11 is 5.60. The molecule has 29 heavy (non-hydrogen) atoms. The molecule has 2 aromatic carbocycles.